The summed E-state index contributed by atoms with van der Waals surface area (Å²) in [6, 6.07) is 135. The Kier molecular flexibility index (Phi) is 52.0. The van der Waals surface area contributed by atoms with Crippen molar-refractivity contribution < 1.29 is 0 Å². The summed E-state index contributed by atoms with van der Waals surface area (Å²) in [6.07, 6.45) is 0. The molecule has 0 saturated carbocycles. The van der Waals surface area contributed by atoms with Gasteiger partial charge in [0.25, 0.3) is 0 Å². The van der Waals surface area contributed by atoms with Gasteiger partial charge in [-0.1, -0.05) is 513 Å². The fourth-order valence-electron chi connectivity index (χ4n) is 14.3. The van der Waals surface area contributed by atoms with Crippen molar-refractivity contribution in [2.45, 2.75) is 201 Å². The molecule has 0 atom stereocenters. The molecule has 0 radical (unpaired) electrons. The van der Waals surface area contributed by atoms with Crippen LogP contribution in [0.1, 0.15) is 189 Å². The predicted octanol–water partition coefficient (Wildman–Crippen LogP) is 40.4. The second-order valence-corrected chi connectivity index (χ2v) is 27.7. The molecule has 125 heavy (non-hydrogen) atoms. The second kappa shape index (κ2) is 60.9. The van der Waals surface area contributed by atoms with Gasteiger partial charge in [-0.25, -0.2) is 0 Å². The summed E-state index contributed by atoms with van der Waals surface area (Å²) in [7, 11) is 0. The molecule has 0 aliphatic carbocycles. The molecule has 20 aromatic carbocycles. The Morgan fingerprint density at radius 3 is 0.784 bits per heavy atom. The summed E-state index contributed by atoms with van der Waals surface area (Å²) < 4.78 is 0. The average molecular weight is 1650 g/mol. The number of rotatable bonds is 0. The first-order valence-electron chi connectivity index (χ1n) is 46.6. The molecule has 650 valence electrons. The van der Waals surface area contributed by atoms with Crippen molar-refractivity contribution in [2.24, 2.45) is 0 Å². The summed E-state index contributed by atoms with van der Waals surface area (Å²) in [4.78, 5) is 0. The van der Waals surface area contributed by atoms with Crippen molar-refractivity contribution in [3.05, 3.63) is 432 Å². The van der Waals surface area contributed by atoms with E-state index in [1.807, 2.05) is 157 Å². The Morgan fingerprint density at radius 2 is 0.352 bits per heavy atom. The molecule has 0 unspecified atom stereocenters. The Morgan fingerprint density at radius 1 is 0.104 bits per heavy atom. The standard InChI is InChI=1S/C16H14.4C15H12.2C11H10.C7H8.10C2H6/c1-11-7-8-13-10-12(2)14-5-3-4-6-15(14)16(13)9-11;1-11-14-8-4-2-6-12(14)10-13-7-3-5-9-15(11)13;1-11-10-12-6-2-3-8-14(12)15-9-5-4-7-13(11)15;1-11-5-4-8-14-9-12-6-2-3-7-13(12)10-15(11)14;1-11-6-7-14-9-12-4-2-3-5-13(12)10-15(14)8-11;1-9-5-4-7-10-6-2-3-8-11(9)10;1-9-6-7-10-4-2-3-5-11(10)8-9;1-7-5-3-2-4-6-7;10*1-2/h3-10H,1-2H3;4*2-10H,1H3;2*2-8H,1H3;2-6H,1H3;10*1-2H3. The molecular weight excluding hydrogens is 1500 g/mol. The molecular formula is C125H150. The van der Waals surface area contributed by atoms with Crippen LogP contribution in [0.3, 0.4) is 0 Å². The van der Waals surface area contributed by atoms with Gasteiger partial charge < -0.3 is 0 Å². The Balaban J connectivity index is 0.000000360. The minimum atomic E-state index is 1.31. The zero-order valence-corrected chi connectivity index (χ0v) is 81.9. The summed E-state index contributed by atoms with van der Waals surface area (Å²) in [5.41, 5.74) is 12.1. The van der Waals surface area contributed by atoms with Crippen LogP contribution >= 0.6 is 0 Å². The van der Waals surface area contributed by atoms with Crippen LogP contribution in [0.4, 0.5) is 0 Å². The number of fused-ring (bicyclic) bond motifs is 14. The summed E-state index contributed by atoms with van der Waals surface area (Å²) >= 11 is 0. The highest BCUT2D eigenvalue weighted by atomic mass is 14.1. The van der Waals surface area contributed by atoms with Crippen LogP contribution in [0.2, 0.25) is 0 Å². The van der Waals surface area contributed by atoms with Crippen molar-refractivity contribution in [2.75, 3.05) is 0 Å². The van der Waals surface area contributed by atoms with Gasteiger partial charge in [0, 0.05) is 0 Å². The van der Waals surface area contributed by atoms with Crippen LogP contribution in [-0.4, -0.2) is 0 Å². The Bertz CT molecular complexity index is 6270. The Labute approximate surface area is 757 Å². The number of hydrogen-bond acceptors (Lipinski definition) is 0. The molecule has 20 rings (SSSR count). The van der Waals surface area contributed by atoms with Crippen molar-refractivity contribution in [1.29, 1.82) is 0 Å². The van der Waals surface area contributed by atoms with Crippen LogP contribution in [0.25, 0.3) is 129 Å². The van der Waals surface area contributed by atoms with E-state index in [2.05, 4.69) is 426 Å². The molecule has 0 fully saturated rings. The lowest BCUT2D eigenvalue weighted by Gasteiger charge is -2.07. The van der Waals surface area contributed by atoms with Crippen LogP contribution in [0, 0.1) is 62.3 Å². The minimum Gasteiger partial charge on any atom is -0.0683 e. The topological polar surface area (TPSA) is 0 Å². The third-order valence-electron chi connectivity index (χ3n) is 19.9. The van der Waals surface area contributed by atoms with Gasteiger partial charge in [0.2, 0.25) is 0 Å². The largest absolute Gasteiger partial charge is 0.0683 e. The first-order valence-corrected chi connectivity index (χ1v) is 46.6. The van der Waals surface area contributed by atoms with Crippen molar-refractivity contribution in [1.82, 2.24) is 0 Å². The molecule has 20 aromatic rings. The molecule has 0 amide bonds. The monoisotopic (exact) mass is 1650 g/mol. The van der Waals surface area contributed by atoms with Crippen molar-refractivity contribution in [3.63, 3.8) is 0 Å². The first kappa shape index (κ1) is 107. The Hall–Kier alpha value is -12.5. The van der Waals surface area contributed by atoms with Crippen molar-refractivity contribution >= 4 is 129 Å². The van der Waals surface area contributed by atoms with E-state index in [0.717, 1.165) is 0 Å². The summed E-state index contributed by atoms with van der Waals surface area (Å²) in [5, 5.41) is 32.1. The first-order chi connectivity index (χ1) is 61.3. The third kappa shape index (κ3) is 31.7. The lowest BCUT2D eigenvalue weighted by atomic mass is 9.97. The van der Waals surface area contributed by atoms with E-state index in [0.29, 0.717) is 0 Å². The normalized spacial score (nSPS) is 9.48. The maximum Gasteiger partial charge on any atom is -0.0103 e. The molecule has 0 bridgehead atoms. The molecule has 0 spiro atoms. The summed E-state index contributed by atoms with van der Waals surface area (Å²) in [6.45, 7) is 59.3. The van der Waals surface area contributed by atoms with E-state index >= 15 is 0 Å². The fourth-order valence-corrected chi connectivity index (χ4v) is 14.3. The van der Waals surface area contributed by atoms with Gasteiger partial charge in [-0.05, 0) is 250 Å². The lowest BCUT2D eigenvalue weighted by molar-refractivity contribution is 1.48. The summed E-state index contributed by atoms with van der Waals surface area (Å²) in [5.74, 6) is 0. The molecule has 0 aromatic heterocycles. The maximum atomic E-state index is 2.28. The minimum absolute atomic E-state index is 1.31. The zero-order valence-electron chi connectivity index (χ0n) is 81.9. The molecule has 0 nitrogen and oxygen atoms in total. The van der Waals surface area contributed by atoms with Crippen LogP contribution in [0.5, 0.6) is 0 Å². The van der Waals surface area contributed by atoms with E-state index in [-0.39, 0.29) is 0 Å². The van der Waals surface area contributed by atoms with E-state index in [9.17, 15) is 0 Å². The van der Waals surface area contributed by atoms with Crippen molar-refractivity contribution in [3.8, 4) is 0 Å². The number of hydrogen-bond donors (Lipinski definition) is 0. The third-order valence-corrected chi connectivity index (χ3v) is 19.9. The maximum absolute atomic E-state index is 2.28. The predicted molar refractivity (Wildman–Crippen MR) is 578 cm³/mol. The molecule has 0 heteroatoms. The van der Waals surface area contributed by atoms with Gasteiger partial charge in [0.15, 0.2) is 0 Å². The molecule has 0 N–H and O–H groups in total. The fraction of sp³-hybridized carbons (Fsp3) is 0.232. The van der Waals surface area contributed by atoms with E-state index in [1.165, 1.54) is 179 Å². The van der Waals surface area contributed by atoms with Gasteiger partial charge in [0.05, 0.1) is 0 Å². The van der Waals surface area contributed by atoms with Gasteiger partial charge in [-0.3, -0.25) is 0 Å². The average Bonchev–Trinajstić information content (AvgIpc) is 0.776. The van der Waals surface area contributed by atoms with Gasteiger partial charge in [-0.2, -0.15) is 0 Å². The van der Waals surface area contributed by atoms with Gasteiger partial charge in [-0.15, -0.1) is 0 Å². The highest BCUT2D eigenvalue weighted by molar-refractivity contribution is 6.10. The quantitative estimate of drug-likeness (QED) is 0.105. The van der Waals surface area contributed by atoms with E-state index in [4.69, 9.17) is 0 Å². The number of aryl methyl sites for hydroxylation is 9. The molecule has 0 saturated heterocycles. The van der Waals surface area contributed by atoms with E-state index in [1.54, 1.807) is 0 Å². The highest BCUT2D eigenvalue weighted by Gasteiger charge is 2.07. The van der Waals surface area contributed by atoms with E-state index < -0.39 is 0 Å². The zero-order chi connectivity index (χ0) is 92.6. The SMILES string of the molecule is CC.CC.CC.CC.CC.CC.CC.CC.CC.CC.Cc1c2ccccc2cc2ccccc12.Cc1cc2ccccc2c2ccccc12.Cc1ccc2cc(C)c3ccccc3c2c1.Cc1ccc2cc3ccccc3cc2c1.Cc1ccc2ccccc2c1.Cc1cccc2cc3ccccc3cc12.Cc1cccc2ccccc12.Cc1ccccc1. The van der Waals surface area contributed by atoms with Gasteiger partial charge >= 0.3 is 0 Å². The smallest absolute Gasteiger partial charge is 0.0103 e. The second-order valence-electron chi connectivity index (χ2n) is 27.7. The molecule has 0 heterocycles. The van der Waals surface area contributed by atoms with Gasteiger partial charge in [0.1, 0.15) is 0 Å². The van der Waals surface area contributed by atoms with Crippen LogP contribution in [-0.2, 0) is 0 Å². The molecule has 0 aliphatic heterocycles. The molecule has 0 aliphatic rings. The van der Waals surface area contributed by atoms with Crippen LogP contribution < -0.4 is 0 Å². The lowest BCUT2D eigenvalue weighted by Crippen LogP contribution is -1.83. The van der Waals surface area contributed by atoms with Crippen LogP contribution in [0.15, 0.2) is 382 Å². The highest BCUT2D eigenvalue weighted by Crippen LogP contribution is 2.33. The number of benzene rings is 20.